The second kappa shape index (κ2) is 62.0. The molecule has 518 valence electrons. The summed E-state index contributed by atoms with van der Waals surface area (Å²) in [5.41, 5.74) is 0. The fourth-order valence-corrected chi connectivity index (χ4v) is 11.5. The van der Waals surface area contributed by atoms with E-state index in [-0.39, 0.29) is 25.7 Å². The second-order valence-electron chi connectivity index (χ2n) is 24.7. The molecule has 0 heterocycles. The Morgan fingerprint density at radius 2 is 0.614 bits per heavy atom. The first kappa shape index (κ1) is 85.5. The van der Waals surface area contributed by atoms with Gasteiger partial charge in [-0.25, -0.2) is 9.13 Å². The van der Waals surface area contributed by atoms with E-state index in [1.54, 1.807) is 0 Å². The van der Waals surface area contributed by atoms with E-state index >= 15 is 0 Å². The topological polar surface area (TPSA) is 237 Å². The molecule has 0 aliphatic carbocycles. The number of ether oxygens (including phenoxy) is 4. The van der Waals surface area contributed by atoms with Crippen molar-refractivity contribution in [2.75, 3.05) is 39.6 Å². The number of carbonyl (C=O) groups is 4. The van der Waals surface area contributed by atoms with E-state index < -0.39 is 97.5 Å². The summed E-state index contributed by atoms with van der Waals surface area (Å²) in [5, 5.41) is 10.6. The second-order valence-corrected chi connectivity index (χ2v) is 27.6. The number of unbranched alkanes of at least 4 members (excludes halogenated alkanes) is 36. The van der Waals surface area contributed by atoms with Crippen molar-refractivity contribution in [2.45, 2.75) is 348 Å². The molecule has 0 fully saturated rings. The summed E-state index contributed by atoms with van der Waals surface area (Å²) in [6, 6.07) is 0. The van der Waals surface area contributed by atoms with Crippen LogP contribution < -0.4 is 0 Å². The highest BCUT2D eigenvalue weighted by Crippen LogP contribution is 2.45. The van der Waals surface area contributed by atoms with Gasteiger partial charge in [0.2, 0.25) is 0 Å². The number of allylic oxidation sites excluding steroid dienone is 4. The summed E-state index contributed by atoms with van der Waals surface area (Å²) < 4.78 is 68.1. The molecule has 3 N–H and O–H groups in total. The lowest BCUT2D eigenvalue weighted by Gasteiger charge is -2.21. The van der Waals surface area contributed by atoms with Gasteiger partial charge in [0, 0.05) is 25.7 Å². The molecule has 0 saturated heterocycles. The van der Waals surface area contributed by atoms with Crippen LogP contribution in [0, 0.1) is 5.92 Å². The van der Waals surface area contributed by atoms with E-state index in [4.69, 9.17) is 37.0 Å². The summed E-state index contributed by atoms with van der Waals surface area (Å²) in [6.45, 7) is 7.10. The van der Waals surface area contributed by atoms with Crippen molar-refractivity contribution < 1.29 is 80.2 Å². The number of phosphoric ester groups is 2. The van der Waals surface area contributed by atoms with Gasteiger partial charge in [-0.2, -0.15) is 0 Å². The van der Waals surface area contributed by atoms with Crippen LogP contribution in [0.4, 0.5) is 0 Å². The van der Waals surface area contributed by atoms with Crippen LogP contribution in [-0.2, 0) is 65.4 Å². The van der Waals surface area contributed by atoms with E-state index in [9.17, 15) is 43.2 Å². The molecule has 17 nitrogen and oxygen atoms in total. The molecule has 19 heteroatoms. The predicted octanol–water partition coefficient (Wildman–Crippen LogP) is 19.3. The zero-order valence-corrected chi connectivity index (χ0v) is 58.1. The Bertz CT molecular complexity index is 1800. The molecule has 0 aromatic rings. The molecule has 0 radical (unpaired) electrons. The summed E-state index contributed by atoms with van der Waals surface area (Å²) in [7, 11) is -9.91. The van der Waals surface area contributed by atoms with Crippen molar-refractivity contribution in [3.8, 4) is 0 Å². The van der Waals surface area contributed by atoms with Gasteiger partial charge in [-0.1, -0.05) is 277 Å². The SMILES string of the molecule is CCCCCC/C=C\C=C/CCCCCCCC(=O)O[C@H](COC(=O)CCCCCCCCCCCCCCC)COP(=O)(O)OC[C@@H](O)COP(=O)(O)OC[C@@H](COC(=O)CCCCCCCCCCCC)OC(=O)CCCCCCCCCC(C)C. The summed E-state index contributed by atoms with van der Waals surface area (Å²) in [5.74, 6) is -1.46. The van der Waals surface area contributed by atoms with E-state index in [2.05, 4.69) is 58.9 Å². The Balaban J connectivity index is 5.28. The molecule has 0 bridgehead atoms. The largest absolute Gasteiger partial charge is 0.472 e. The first-order valence-corrected chi connectivity index (χ1v) is 38.4. The lowest BCUT2D eigenvalue weighted by Crippen LogP contribution is -2.30. The summed E-state index contributed by atoms with van der Waals surface area (Å²) >= 11 is 0. The molecule has 0 amide bonds. The van der Waals surface area contributed by atoms with Crippen LogP contribution in [0.5, 0.6) is 0 Å². The minimum atomic E-state index is -4.96. The van der Waals surface area contributed by atoms with Gasteiger partial charge in [-0.05, 0) is 57.3 Å². The molecule has 0 aliphatic rings. The van der Waals surface area contributed by atoms with Crippen LogP contribution >= 0.6 is 15.6 Å². The van der Waals surface area contributed by atoms with Crippen LogP contribution in [-0.4, -0.2) is 96.7 Å². The molecule has 88 heavy (non-hydrogen) atoms. The fraction of sp³-hybridized carbons (Fsp3) is 0.884. The third-order valence-corrected chi connectivity index (χ3v) is 17.3. The highest BCUT2D eigenvalue weighted by Gasteiger charge is 2.30. The third kappa shape index (κ3) is 62.4. The van der Waals surface area contributed by atoms with Gasteiger partial charge in [-0.15, -0.1) is 0 Å². The maximum atomic E-state index is 13.0. The van der Waals surface area contributed by atoms with Crippen molar-refractivity contribution >= 4 is 39.5 Å². The number of hydrogen-bond acceptors (Lipinski definition) is 15. The number of carbonyl (C=O) groups excluding carboxylic acids is 4. The lowest BCUT2D eigenvalue weighted by atomic mass is 10.0. The Morgan fingerprint density at radius 1 is 0.352 bits per heavy atom. The quantitative estimate of drug-likeness (QED) is 0.0169. The maximum Gasteiger partial charge on any atom is 0.472 e. The average molecular weight is 1290 g/mol. The number of hydrogen-bond donors (Lipinski definition) is 3. The van der Waals surface area contributed by atoms with E-state index in [1.807, 2.05) is 0 Å². The van der Waals surface area contributed by atoms with E-state index in [0.717, 1.165) is 103 Å². The van der Waals surface area contributed by atoms with Gasteiger partial charge >= 0.3 is 39.5 Å². The molecular formula is C69H130O17P2. The fourth-order valence-electron chi connectivity index (χ4n) is 9.93. The first-order valence-electron chi connectivity index (χ1n) is 35.5. The monoisotopic (exact) mass is 1290 g/mol. The minimum Gasteiger partial charge on any atom is -0.462 e. The van der Waals surface area contributed by atoms with Crippen molar-refractivity contribution in [3.05, 3.63) is 24.3 Å². The number of aliphatic hydroxyl groups is 1. The van der Waals surface area contributed by atoms with Crippen LogP contribution in [0.15, 0.2) is 24.3 Å². The Labute approximate surface area is 535 Å². The van der Waals surface area contributed by atoms with Crippen molar-refractivity contribution in [1.82, 2.24) is 0 Å². The number of rotatable bonds is 67. The molecule has 0 aliphatic heterocycles. The summed E-state index contributed by atoms with van der Waals surface area (Å²) in [4.78, 5) is 72.4. The number of aliphatic hydroxyl groups excluding tert-OH is 1. The van der Waals surface area contributed by atoms with Gasteiger partial charge in [-0.3, -0.25) is 37.3 Å². The Morgan fingerprint density at radius 3 is 0.932 bits per heavy atom. The van der Waals surface area contributed by atoms with Crippen molar-refractivity contribution in [3.63, 3.8) is 0 Å². The Hall–Kier alpha value is -2.46. The summed E-state index contributed by atoms with van der Waals surface area (Å²) in [6.07, 6.45) is 50.8. The van der Waals surface area contributed by atoms with E-state index in [1.165, 1.54) is 141 Å². The highest BCUT2D eigenvalue weighted by atomic mass is 31.2. The molecule has 0 spiro atoms. The zero-order valence-electron chi connectivity index (χ0n) is 56.3. The standard InChI is InChI=1S/C69H130O17P2/c1-6-9-12-15-18-21-24-26-27-29-31-34-39-44-49-54-68(73)85-64(58-80-67(72)53-48-43-38-33-30-28-25-22-19-16-13-10-7-2)60-83-87(75,76)81-56-63(70)57-82-88(77,78)84-61-65(86-69(74)55-50-45-40-35-36-41-46-51-62(4)5)59-79-66(71)52-47-42-37-32-23-20-17-14-11-8-3/h21,24,26-27,62-65,70H,6-20,22-23,25,28-61H2,1-5H3,(H,75,76)(H,77,78)/b24-21-,27-26-/t63-,64-,65-/m1/s1. The van der Waals surface area contributed by atoms with Gasteiger partial charge in [0.25, 0.3) is 0 Å². The minimum absolute atomic E-state index is 0.0853. The van der Waals surface area contributed by atoms with Gasteiger partial charge < -0.3 is 33.8 Å². The Kier molecular flexibility index (Phi) is 60.3. The molecule has 0 aromatic heterocycles. The zero-order chi connectivity index (χ0) is 64.9. The molecule has 0 saturated carbocycles. The smallest absolute Gasteiger partial charge is 0.462 e. The average Bonchev–Trinajstić information content (AvgIpc) is 3.58. The maximum absolute atomic E-state index is 13.0. The normalized spacial score (nSPS) is 14.3. The van der Waals surface area contributed by atoms with Gasteiger partial charge in [0.15, 0.2) is 12.2 Å². The predicted molar refractivity (Wildman–Crippen MR) is 354 cm³/mol. The highest BCUT2D eigenvalue weighted by molar-refractivity contribution is 7.47. The molecule has 5 atom stereocenters. The van der Waals surface area contributed by atoms with Crippen molar-refractivity contribution in [1.29, 1.82) is 0 Å². The van der Waals surface area contributed by atoms with Crippen LogP contribution in [0.25, 0.3) is 0 Å². The van der Waals surface area contributed by atoms with Crippen LogP contribution in [0.1, 0.15) is 330 Å². The van der Waals surface area contributed by atoms with E-state index in [0.29, 0.717) is 31.6 Å². The van der Waals surface area contributed by atoms with Gasteiger partial charge in [0.1, 0.15) is 19.3 Å². The van der Waals surface area contributed by atoms with Crippen LogP contribution in [0.2, 0.25) is 0 Å². The lowest BCUT2D eigenvalue weighted by molar-refractivity contribution is -0.161. The number of phosphoric acid groups is 2. The molecule has 0 aromatic carbocycles. The molecule has 2 unspecified atom stereocenters. The number of esters is 4. The first-order chi connectivity index (χ1) is 42.5. The van der Waals surface area contributed by atoms with Crippen LogP contribution in [0.3, 0.4) is 0 Å². The molecule has 0 rings (SSSR count). The van der Waals surface area contributed by atoms with Gasteiger partial charge in [0.05, 0.1) is 26.4 Å². The third-order valence-electron chi connectivity index (χ3n) is 15.4. The van der Waals surface area contributed by atoms with Crippen molar-refractivity contribution in [2.24, 2.45) is 5.92 Å². The molecular weight excluding hydrogens is 1160 g/mol.